The number of rotatable bonds is 7. The Morgan fingerprint density at radius 1 is 1.00 bits per heavy atom. The molecule has 0 bridgehead atoms. The van der Waals surface area contributed by atoms with Gasteiger partial charge in [0.25, 0.3) is 0 Å². The molecule has 1 aliphatic rings. The van der Waals surface area contributed by atoms with E-state index in [9.17, 15) is 10.1 Å². The third-order valence-electron chi connectivity index (χ3n) is 6.11. The normalized spacial score (nSPS) is 17.6. The van der Waals surface area contributed by atoms with Crippen LogP contribution in [0.4, 0.5) is 0 Å². The van der Waals surface area contributed by atoms with Gasteiger partial charge in [-0.05, 0) is 73.9 Å². The number of amidine groups is 1. The van der Waals surface area contributed by atoms with Crippen LogP contribution in [0.5, 0.6) is 5.75 Å². The average molecular weight is 505 g/mol. The lowest BCUT2D eigenvalue weighted by atomic mass is 9.85. The van der Waals surface area contributed by atoms with Gasteiger partial charge in [-0.3, -0.25) is 14.7 Å². The molecule has 0 aromatic heterocycles. The first-order chi connectivity index (χ1) is 16.8. The Bertz CT molecular complexity index is 1300. The summed E-state index contributed by atoms with van der Waals surface area (Å²) in [7, 11) is 0. The second-order valence-corrected chi connectivity index (χ2v) is 9.66. The largest absolute Gasteiger partial charge is 0.493 e. The Kier molecular flexibility index (Phi) is 7.16. The standard InChI is InChI=1S/C28H24Cl2N3O2/c1-4-35-24-15-20(28(2,3)16-31)9-14-23(24)27-32-25(18-5-10-21(29)11-6-18)26(33(27)17-34)19-7-12-22(30)13-8-19/h5-15,25-26H,4H2,1-3H3/t25-,26+/m0/s1. The molecule has 0 unspecified atom stereocenters. The summed E-state index contributed by atoms with van der Waals surface area (Å²) in [6.07, 6.45) is 2.10. The van der Waals surface area contributed by atoms with Gasteiger partial charge in [0.15, 0.2) is 0 Å². The first-order valence-corrected chi connectivity index (χ1v) is 12.0. The van der Waals surface area contributed by atoms with E-state index in [-0.39, 0.29) is 0 Å². The Morgan fingerprint density at radius 3 is 2.14 bits per heavy atom. The minimum absolute atomic E-state index is 0.394. The van der Waals surface area contributed by atoms with E-state index in [4.69, 9.17) is 32.9 Å². The second kappa shape index (κ2) is 10.1. The average Bonchev–Trinajstić information content (AvgIpc) is 3.24. The number of aliphatic imine (C=N–C) groups is 1. The highest BCUT2D eigenvalue weighted by atomic mass is 35.5. The van der Waals surface area contributed by atoms with Gasteiger partial charge in [-0.15, -0.1) is 0 Å². The highest BCUT2D eigenvalue weighted by Crippen LogP contribution is 2.44. The zero-order chi connectivity index (χ0) is 25.2. The molecule has 0 fully saturated rings. The van der Waals surface area contributed by atoms with Crippen molar-refractivity contribution in [1.82, 2.24) is 4.90 Å². The molecule has 1 amide bonds. The monoisotopic (exact) mass is 504 g/mol. The molecule has 0 spiro atoms. The van der Waals surface area contributed by atoms with Crippen molar-refractivity contribution in [3.8, 4) is 11.8 Å². The third-order valence-corrected chi connectivity index (χ3v) is 6.62. The number of ether oxygens (including phenoxy) is 1. The van der Waals surface area contributed by atoms with E-state index in [1.54, 1.807) is 12.1 Å². The van der Waals surface area contributed by atoms with Gasteiger partial charge < -0.3 is 4.74 Å². The smallest absolute Gasteiger partial charge is 0.318 e. The quantitative estimate of drug-likeness (QED) is 0.355. The van der Waals surface area contributed by atoms with Gasteiger partial charge in [-0.1, -0.05) is 53.5 Å². The predicted molar refractivity (Wildman–Crippen MR) is 139 cm³/mol. The molecule has 0 saturated carbocycles. The molecule has 35 heavy (non-hydrogen) atoms. The van der Waals surface area contributed by atoms with Crippen LogP contribution in [0, 0.1) is 11.3 Å². The van der Waals surface area contributed by atoms with E-state index >= 15 is 0 Å². The highest BCUT2D eigenvalue weighted by molar-refractivity contribution is 6.30. The summed E-state index contributed by atoms with van der Waals surface area (Å²) >= 11 is 12.3. The van der Waals surface area contributed by atoms with Crippen molar-refractivity contribution < 1.29 is 9.53 Å². The maximum atomic E-state index is 12.4. The van der Waals surface area contributed by atoms with Crippen molar-refractivity contribution in [2.75, 3.05) is 6.61 Å². The van der Waals surface area contributed by atoms with Crippen molar-refractivity contribution in [2.24, 2.45) is 4.99 Å². The number of hydrogen-bond acceptors (Lipinski definition) is 4. The van der Waals surface area contributed by atoms with Crippen molar-refractivity contribution in [2.45, 2.75) is 38.3 Å². The van der Waals surface area contributed by atoms with E-state index in [0.29, 0.717) is 33.8 Å². The highest BCUT2D eigenvalue weighted by Gasteiger charge is 2.40. The first kappa shape index (κ1) is 24.8. The molecule has 0 N–H and O–H groups in total. The molecule has 177 valence electrons. The van der Waals surface area contributed by atoms with Gasteiger partial charge >= 0.3 is 6.41 Å². The Balaban J connectivity index is 1.88. The van der Waals surface area contributed by atoms with E-state index in [0.717, 1.165) is 16.7 Å². The fourth-order valence-electron chi connectivity index (χ4n) is 4.18. The van der Waals surface area contributed by atoms with Gasteiger partial charge in [0.2, 0.25) is 0 Å². The van der Waals surface area contributed by atoms with Gasteiger partial charge in [0.05, 0.1) is 29.7 Å². The van der Waals surface area contributed by atoms with Crippen molar-refractivity contribution in [1.29, 1.82) is 5.26 Å². The Morgan fingerprint density at radius 2 is 1.60 bits per heavy atom. The zero-order valence-corrected chi connectivity index (χ0v) is 21.1. The van der Waals surface area contributed by atoms with Gasteiger partial charge in [-0.2, -0.15) is 5.26 Å². The lowest BCUT2D eigenvalue weighted by molar-refractivity contribution is 0.337. The number of benzene rings is 3. The van der Waals surface area contributed by atoms with Crippen LogP contribution in [0.1, 0.15) is 55.1 Å². The maximum absolute atomic E-state index is 12.4. The predicted octanol–water partition coefficient (Wildman–Crippen LogP) is 6.81. The fraction of sp³-hybridized carbons (Fsp3) is 0.250. The molecule has 0 aliphatic carbocycles. The summed E-state index contributed by atoms with van der Waals surface area (Å²) in [5.41, 5.74) is 2.55. The van der Waals surface area contributed by atoms with Crippen LogP contribution in [-0.4, -0.2) is 23.8 Å². The van der Waals surface area contributed by atoms with Crippen LogP contribution < -0.4 is 4.74 Å². The van der Waals surface area contributed by atoms with Crippen LogP contribution in [-0.2, 0) is 10.2 Å². The van der Waals surface area contributed by atoms with Crippen molar-refractivity contribution in [3.05, 3.63) is 99.0 Å². The van der Waals surface area contributed by atoms with E-state index in [1.807, 2.05) is 75.4 Å². The van der Waals surface area contributed by atoms with Crippen molar-refractivity contribution in [3.63, 3.8) is 0 Å². The molecule has 1 aliphatic heterocycles. The summed E-state index contributed by atoms with van der Waals surface area (Å²) < 4.78 is 5.95. The summed E-state index contributed by atoms with van der Waals surface area (Å²) in [6.45, 7) is 6.01. The van der Waals surface area contributed by atoms with Crippen molar-refractivity contribution >= 4 is 35.4 Å². The molecule has 4 rings (SSSR count). The van der Waals surface area contributed by atoms with Crippen LogP contribution in [0.3, 0.4) is 0 Å². The Hall–Kier alpha value is -3.33. The lowest BCUT2D eigenvalue weighted by Gasteiger charge is -2.26. The summed E-state index contributed by atoms with van der Waals surface area (Å²) in [6, 6.07) is 21.9. The molecular weight excluding hydrogens is 481 g/mol. The summed E-state index contributed by atoms with van der Waals surface area (Å²) in [5.74, 6) is 1.00. The maximum Gasteiger partial charge on any atom is 0.318 e. The van der Waals surface area contributed by atoms with Gasteiger partial charge in [0, 0.05) is 10.0 Å². The topological polar surface area (TPSA) is 65.7 Å². The minimum Gasteiger partial charge on any atom is -0.493 e. The van der Waals surface area contributed by atoms with Crippen LogP contribution >= 0.6 is 23.2 Å². The number of amides is 1. The van der Waals surface area contributed by atoms with Gasteiger partial charge in [0.1, 0.15) is 17.6 Å². The number of halogens is 2. The number of nitrogens with zero attached hydrogens (tertiary/aromatic N) is 3. The van der Waals surface area contributed by atoms with E-state index in [2.05, 4.69) is 12.5 Å². The molecule has 3 aromatic carbocycles. The third kappa shape index (κ3) is 4.91. The van der Waals surface area contributed by atoms with E-state index < -0.39 is 17.5 Å². The molecule has 3 aromatic rings. The fourth-order valence-corrected chi connectivity index (χ4v) is 4.43. The van der Waals surface area contributed by atoms with Gasteiger partial charge in [-0.25, -0.2) is 0 Å². The van der Waals surface area contributed by atoms with Crippen LogP contribution in [0.25, 0.3) is 0 Å². The van der Waals surface area contributed by atoms with Crippen LogP contribution in [0.2, 0.25) is 10.0 Å². The number of nitriles is 1. The molecule has 5 nitrogen and oxygen atoms in total. The SMILES string of the molecule is CCOc1cc(C(C)(C)C#N)ccc1C1=N[C@@H](c2ccc(Cl)cc2)[C@@H](c2ccc(Cl)cc2)N1[C]=O. The summed E-state index contributed by atoms with van der Waals surface area (Å²) in [4.78, 5) is 18.9. The molecular formula is C28H24Cl2N3O2. The molecule has 1 heterocycles. The lowest BCUT2D eigenvalue weighted by Crippen LogP contribution is -2.31. The molecule has 2 atom stereocenters. The first-order valence-electron chi connectivity index (χ1n) is 11.2. The number of carbonyl (C=O) groups excluding carboxylic acids is 1. The minimum atomic E-state index is -0.698. The van der Waals surface area contributed by atoms with Crippen LogP contribution in [0.15, 0.2) is 71.7 Å². The zero-order valence-electron chi connectivity index (χ0n) is 19.6. The Labute approximate surface area is 215 Å². The second-order valence-electron chi connectivity index (χ2n) is 8.79. The number of hydrogen-bond donors (Lipinski definition) is 0. The summed E-state index contributed by atoms with van der Waals surface area (Å²) in [5, 5.41) is 10.8. The van der Waals surface area contributed by atoms with E-state index in [1.165, 1.54) is 4.90 Å². The molecule has 7 heteroatoms. The molecule has 1 radical (unpaired) electrons. The molecule has 0 saturated heterocycles.